The molecular weight excluding hydrogens is 273 g/mol. The van der Waals surface area contributed by atoms with E-state index < -0.39 is 23.7 Å². The number of carboxylic acids is 1. The predicted octanol–water partition coefficient (Wildman–Crippen LogP) is 2.22. The Hall–Kier alpha value is -1.64. The first kappa shape index (κ1) is 12.8. The molecule has 9 heteroatoms. The van der Waals surface area contributed by atoms with Crippen LogP contribution in [0.25, 0.3) is 0 Å². The van der Waals surface area contributed by atoms with Gasteiger partial charge in [0.25, 0.3) is 0 Å². The lowest BCUT2D eigenvalue weighted by Gasteiger charge is -2.05. The first-order valence-corrected chi connectivity index (χ1v) is 5.73. The van der Waals surface area contributed by atoms with Crippen molar-refractivity contribution in [1.82, 2.24) is 4.98 Å². The summed E-state index contributed by atoms with van der Waals surface area (Å²) in [5.41, 5.74) is -0.542. The molecule has 0 radical (unpaired) electrons. The first-order chi connectivity index (χ1) is 8.29. The number of halogens is 3. The summed E-state index contributed by atoms with van der Waals surface area (Å²) in [4.78, 5) is 25.3. The van der Waals surface area contributed by atoms with Gasteiger partial charge in [0, 0.05) is 5.92 Å². The van der Waals surface area contributed by atoms with Crippen LogP contribution in [0.2, 0.25) is 0 Å². The SMILES string of the molecule is O=C(O)c1nc(C2CC2)sc1NC(=O)C(F)(F)F. The van der Waals surface area contributed by atoms with Gasteiger partial charge in [0.05, 0.1) is 5.01 Å². The third-order valence-corrected chi connectivity index (χ3v) is 3.39. The second kappa shape index (κ2) is 4.23. The van der Waals surface area contributed by atoms with Crippen molar-refractivity contribution in [3.8, 4) is 0 Å². The Bertz CT molecular complexity index is 508. The second-order valence-electron chi connectivity index (χ2n) is 3.76. The third-order valence-electron chi connectivity index (χ3n) is 2.26. The van der Waals surface area contributed by atoms with E-state index in [1.54, 1.807) is 5.32 Å². The molecule has 1 fully saturated rings. The number of nitrogens with one attached hydrogen (secondary N) is 1. The molecule has 0 bridgehead atoms. The molecule has 0 aliphatic heterocycles. The molecule has 1 aromatic heterocycles. The number of rotatable bonds is 3. The average molecular weight is 280 g/mol. The van der Waals surface area contributed by atoms with Gasteiger partial charge in [0.15, 0.2) is 5.69 Å². The molecule has 98 valence electrons. The summed E-state index contributed by atoms with van der Waals surface area (Å²) in [7, 11) is 0. The van der Waals surface area contributed by atoms with Crippen LogP contribution in [0.5, 0.6) is 0 Å². The van der Waals surface area contributed by atoms with E-state index in [-0.39, 0.29) is 10.9 Å². The molecule has 1 saturated carbocycles. The van der Waals surface area contributed by atoms with Crippen molar-refractivity contribution >= 4 is 28.2 Å². The highest BCUT2D eigenvalue weighted by atomic mass is 32.1. The summed E-state index contributed by atoms with van der Waals surface area (Å²) in [5, 5.41) is 10.4. The molecule has 5 nitrogen and oxygen atoms in total. The van der Waals surface area contributed by atoms with E-state index in [9.17, 15) is 22.8 Å². The summed E-state index contributed by atoms with van der Waals surface area (Å²) < 4.78 is 36.2. The number of carbonyl (C=O) groups is 2. The van der Waals surface area contributed by atoms with Crippen LogP contribution in [0, 0.1) is 0 Å². The molecule has 2 rings (SSSR count). The maximum Gasteiger partial charge on any atom is 0.471 e. The fourth-order valence-corrected chi connectivity index (χ4v) is 2.37. The second-order valence-corrected chi connectivity index (χ2v) is 4.79. The van der Waals surface area contributed by atoms with E-state index in [2.05, 4.69) is 4.98 Å². The van der Waals surface area contributed by atoms with E-state index in [0.717, 1.165) is 24.2 Å². The van der Waals surface area contributed by atoms with Crippen LogP contribution < -0.4 is 5.32 Å². The van der Waals surface area contributed by atoms with Crippen LogP contribution in [-0.2, 0) is 4.79 Å². The predicted molar refractivity (Wildman–Crippen MR) is 55.7 cm³/mol. The van der Waals surface area contributed by atoms with Gasteiger partial charge in [0.1, 0.15) is 5.00 Å². The number of hydrogen-bond donors (Lipinski definition) is 2. The monoisotopic (exact) mass is 280 g/mol. The average Bonchev–Trinajstić information content (AvgIpc) is 2.99. The molecule has 1 aliphatic carbocycles. The van der Waals surface area contributed by atoms with E-state index in [1.807, 2.05) is 0 Å². The normalized spacial score (nSPS) is 15.5. The topological polar surface area (TPSA) is 79.3 Å². The van der Waals surface area contributed by atoms with Crippen molar-refractivity contribution in [2.24, 2.45) is 0 Å². The highest BCUT2D eigenvalue weighted by molar-refractivity contribution is 7.16. The molecule has 0 aromatic carbocycles. The molecule has 0 atom stereocenters. The summed E-state index contributed by atoms with van der Waals surface area (Å²) in [6.07, 6.45) is -3.39. The summed E-state index contributed by atoms with van der Waals surface area (Å²) in [5.74, 6) is -3.56. The Morgan fingerprint density at radius 1 is 1.39 bits per heavy atom. The third kappa shape index (κ3) is 2.61. The Morgan fingerprint density at radius 2 is 2.00 bits per heavy atom. The number of carboxylic acid groups (broad SMARTS) is 1. The van der Waals surface area contributed by atoms with Gasteiger partial charge in [0.2, 0.25) is 0 Å². The van der Waals surface area contributed by atoms with Crippen LogP contribution in [0.15, 0.2) is 0 Å². The molecular formula is C9H7F3N2O3S. The van der Waals surface area contributed by atoms with Crippen molar-refractivity contribution in [2.45, 2.75) is 24.9 Å². The molecule has 0 unspecified atom stereocenters. The molecule has 1 amide bonds. The lowest BCUT2D eigenvalue weighted by molar-refractivity contribution is -0.167. The standard InChI is InChI=1S/C9H7F3N2O3S/c10-9(11,12)8(17)14-6-4(7(15)16)13-5(18-6)3-1-2-3/h3H,1-2H2,(H,14,17)(H,15,16). The van der Waals surface area contributed by atoms with Crippen LogP contribution >= 0.6 is 11.3 Å². The molecule has 1 aromatic rings. The Labute approximate surface area is 103 Å². The van der Waals surface area contributed by atoms with Gasteiger partial charge in [-0.05, 0) is 12.8 Å². The summed E-state index contributed by atoms with van der Waals surface area (Å²) in [6, 6.07) is 0. The molecule has 18 heavy (non-hydrogen) atoms. The lowest BCUT2D eigenvalue weighted by Crippen LogP contribution is -2.30. The molecule has 0 saturated heterocycles. The lowest BCUT2D eigenvalue weighted by atomic mass is 10.4. The number of hydrogen-bond acceptors (Lipinski definition) is 4. The zero-order valence-electron chi connectivity index (χ0n) is 8.74. The van der Waals surface area contributed by atoms with E-state index in [1.165, 1.54) is 0 Å². The number of amides is 1. The largest absolute Gasteiger partial charge is 0.476 e. The maximum absolute atomic E-state index is 12.1. The molecule has 2 N–H and O–H groups in total. The smallest absolute Gasteiger partial charge is 0.471 e. The number of alkyl halides is 3. The number of aromatic carboxylic acids is 1. The van der Waals surface area contributed by atoms with Gasteiger partial charge in [-0.15, -0.1) is 11.3 Å². The minimum absolute atomic E-state index is 0.102. The van der Waals surface area contributed by atoms with Gasteiger partial charge in [-0.25, -0.2) is 9.78 Å². The Kier molecular flexibility index (Phi) is 3.01. The number of nitrogens with zero attached hydrogens (tertiary/aromatic N) is 1. The Balaban J connectivity index is 2.25. The zero-order valence-corrected chi connectivity index (χ0v) is 9.56. The van der Waals surface area contributed by atoms with E-state index in [4.69, 9.17) is 5.11 Å². The maximum atomic E-state index is 12.1. The van der Waals surface area contributed by atoms with Crippen molar-refractivity contribution in [1.29, 1.82) is 0 Å². The van der Waals surface area contributed by atoms with Gasteiger partial charge in [-0.2, -0.15) is 13.2 Å². The van der Waals surface area contributed by atoms with Gasteiger partial charge >= 0.3 is 18.1 Å². The van der Waals surface area contributed by atoms with Crippen molar-refractivity contribution in [2.75, 3.05) is 5.32 Å². The van der Waals surface area contributed by atoms with Gasteiger partial charge in [-0.3, -0.25) is 4.79 Å². The molecule has 1 aliphatic rings. The van der Waals surface area contributed by atoms with E-state index >= 15 is 0 Å². The van der Waals surface area contributed by atoms with Crippen molar-refractivity contribution in [3.05, 3.63) is 10.7 Å². The minimum Gasteiger partial charge on any atom is -0.476 e. The highest BCUT2D eigenvalue weighted by Crippen LogP contribution is 2.44. The van der Waals surface area contributed by atoms with Crippen LogP contribution in [0.3, 0.4) is 0 Å². The van der Waals surface area contributed by atoms with Crippen LogP contribution in [-0.4, -0.2) is 28.1 Å². The minimum atomic E-state index is -5.06. The summed E-state index contributed by atoms with van der Waals surface area (Å²) >= 11 is 0.779. The fourth-order valence-electron chi connectivity index (χ4n) is 1.25. The number of carbonyl (C=O) groups excluding carboxylic acids is 1. The van der Waals surface area contributed by atoms with Crippen molar-refractivity contribution in [3.63, 3.8) is 0 Å². The highest BCUT2D eigenvalue weighted by Gasteiger charge is 2.40. The molecule has 1 heterocycles. The number of aromatic nitrogens is 1. The molecule has 0 spiro atoms. The fraction of sp³-hybridized carbons (Fsp3) is 0.444. The van der Waals surface area contributed by atoms with E-state index in [0.29, 0.717) is 5.01 Å². The van der Waals surface area contributed by atoms with Gasteiger partial charge in [-0.1, -0.05) is 0 Å². The van der Waals surface area contributed by atoms with Crippen LogP contribution in [0.1, 0.15) is 34.3 Å². The summed E-state index contributed by atoms with van der Waals surface area (Å²) in [6.45, 7) is 0. The van der Waals surface area contributed by atoms with Crippen molar-refractivity contribution < 1.29 is 27.9 Å². The quantitative estimate of drug-likeness (QED) is 0.889. The van der Waals surface area contributed by atoms with Crippen LogP contribution in [0.4, 0.5) is 18.2 Å². The number of anilines is 1. The first-order valence-electron chi connectivity index (χ1n) is 4.91. The number of thiazole rings is 1. The zero-order chi connectivity index (χ0) is 13.5. The Morgan fingerprint density at radius 3 is 2.44 bits per heavy atom. The van der Waals surface area contributed by atoms with Gasteiger partial charge < -0.3 is 10.4 Å².